The summed E-state index contributed by atoms with van der Waals surface area (Å²) in [5.74, 6) is 0.796. The summed E-state index contributed by atoms with van der Waals surface area (Å²) >= 11 is 0. The first-order valence-corrected chi connectivity index (χ1v) is 7.98. The Morgan fingerprint density at radius 2 is 1.91 bits per heavy atom. The summed E-state index contributed by atoms with van der Waals surface area (Å²) in [6, 6.07) is 2.32. The molecule has 3 rings (SSSR count). The Morgan fingerprint density at radius 1 is 1.17 bits per heavy atom. The molecule has 1 aliphatic heterocycles. The van der Waals surface area contributed by atoms with Gasteiger partial charge in [0.2, 0.25) is 0 Å². The molecule has 0 unspecified atom stereocenters. The summed E-state index contributed by atoms with van der Waals surface area (Å²) in [7, 11) is 2.13. The SMILES string of the molecule is CCNc1cc(-c2cnc(OC3CCN(C)CC3)nc2)ncn1. The number of anilines is 1. The van der Waals surface area contributed by atoms with Crippen LogP contribution in [-0.4, -0.2) is 57.6 Å². The quantitative estimate of drug-likeness (QED) is 0.902. The van der Waals surface area contributed by atoms with Gasteiger partial charge in [-0.3, -0.25) is 0 Å². The van der Waals surface area contributed by atoms with Crippen LogP contribution in [0.3, 0.4) is 0 Å². The molecule has 1 saturated heterocycles. The van der Waals surface area contributed by atoms with Crippen molar-refractivity contribution in [2.24, 2.45) is 0 Å². The van der Waals surface area contributed by atoms with Crippen LogP contribution in [0.15, 0.2) is 24.8 Å². The second-order valence-electron chi connectivity index (χ2n) is 5.69. The van der Waals surface area contributed by atoms with E-state index in [2.05, 4.69) is 37.2 Å². The third-order valence-electron chi connectivity index (χ3n) is 3.89. The van der Waals surface area contributed by atoms with Gasteiger partial charge in [0.05, 0.1) is 5.69 Å². The van der Waals surface area contributed by atoms with E-state index in [1.54, 1.807) is 12.4 Å². The van der Waals surface area contributed by atoms with E-state index in [0.29, 0.717) is 6.01 Å². The number of ether oxygens (including phenoxy) is 1. The fraction of sp³-hybridized carbons (Fsp3) is 0.500. The molecule has 2 aromatic heterocycles. The number of hydrogen-bond acceptors (Lipinski definition) is 7. The Morgan fingerprint density at radius 3 is 2.61 bits per heavy atom. The Hall–Kier alpha value is -2.28. The number of aromatic nitrogens is 4. The van der Waals surface area contributed by atoms with Crippen LogP contribution in [0.25, 0.3) is 11.3 Å². The smallest absolute Gasteiger partial charge is 0.316 e. The normalized spacial score (nSPS) is 16.3. The lowest BCUT2D eigenvalue weighted by atomic mass is 10.1. The van der Waals surface area contributed by atoms with Gasteiger partial charge in [-0.25, -0.2) is 19.9 Å². The van der Waals surface area contributed by atoms with E-state index in [-0.39, 0.29) is 6.10 Å². The maximum Gasteiger partial charge on any atom is 0.316 e. The predicted octanol–water partition coefficient (Wildman–Crippen LogP) is 1.84. The average Bonchev–Trinajstić information content (AvgIpc) is 2.58. The third kappa shape index (κ3) is 4.13. The summed E-state index contributed by atoms with van der Waals surface area (Å²) in [4.78, 5) is 19.4. The van der Waals surface area contributed by atoms with E-state index in [4.69, 9.17) is 4.74 Å². The van der Waals surface area contributed by atoms with Crippen molar-refractivity contribution in [3.05, 3.63) is 24.8 Å². The highest BCUT2D eigenvalue weighted by atomic mass is 16.5. The van der Waals surface area contributed by atoms with E-state index in [1.165, 1.54) is 6.33 Å². The second kappa shape index (κ2) is 7.32. The molecule has 2 aromatic rings. The average molecular weight is 314 g/mol. The minimum absolute atomic E-state index is 0.205. The van der Waals surface area contributed by atoms with E-state index < -0.39 is 0 Å². The van der Waals surface area contributed by atoms with Crippen LogP contribution in [0.1, 0.15) is 19.8 Å². The molecule has 7 nitrogen and oxygen atoms in total. The third-order valence-corrected chi connectivity index (χ3v) is 3.89. The number of hydrogen-bond donors (Lipinski definition) is 1. The number of likely N-dealkylation sites (tertiary alicyclic amines) is 1. The van der Waals surface area contributed by atoms with Crippen molar-refractivity contribution in [3.8, 4) is 17.3 Å². The van der Waals surface area contributed by atoms with Gasteiger partial charge in [0.15, 0.2) is 0 Å². The van der Waals surface area contributed by atoms with Crippen LogP contribution < -0.4 is 10.1 Å². The van der Waals surface area contributed by atoms with E-state index in [1.807, 2.05) is 13.0 Å². The number of nitrogens with one attached hydrogen (secondary N) is 1. The standard InChI is InChI=1S/C16H22N6O/c1-3-17-15-8-14(20-11-21-15)12-9-18-16(19-10-12)23-13-4-6-22(2)7-5-13/h8-11,13H,3-7H2,1-2H3,(H,17,20,21). The predicted molar refractivity (Wildman–Crippen MR) is 88.4 cm³/mol. The maximum atomic E-state index is 5.86. The molecule has 1 N–H and O–H groups in total. The lowest BCUT2D eigenvalue weighted by molar-refractivity contribution is 0.105. The van der Waals surface area contributed by atoms with Crippen LogP contribution in [0.4, 0.5) is 5.82 Å². The van der Waals surface area contributed by atoms with Crippen LogP contribution >= 0.6 is 0 Å². The van der Waals surface area contributed by atoms with Gasteiger partial charge in [-0.1, -0.05) is 0 Å². The molecule has 3 heterocycles. The highest BCUT2D eigenvalue weighted by Gasteiger charge is 2.19. The van der Waals surface area contributed by atoms with Gasteiger partial charge in [0, 0.05) is 43.7 Å². The lowest BCUT2D eigenvalue weighted by Gasteiger charge is -2.28. The Labute approximate surface area is 136 Å². The van der Waals surface area contributed by atoms with Crippen molar-refractivity contribution in [2.45, 2.75) is 25.9 Å². The number of nitrogens with zero attached hydrogens (tertiary/aromatic N) is 5. The molecular formula is C16H22N6O. The zero-order chi connectivity index (χ0) is 16.1. The molecule has 0 saturated carbocycles. The first-order chi connectivity index (χ1) is 11.2. The first kappa shape index (κ1) is 15.6. The van der Waals surface area contributed by atoms with E-state index in [9.17, 15) is 0 Å². The van der Waals surface area contributed by atoms with E-state index >= 15 is 0 Å². The summed E-state index contributed by atoms with van der Waals surface area (Å²) in [5, 5.41) is 3.17. The molecule has 7 heteroatoms. The first-order valence-electron chi connectivity index (χ1n) is 7.98. The molecule has 0 amide bonds. The van der Waals surface area contributed by atoms with Crippen LogP contribution in [0, 0.1) is 0 Å². The highest BCUT2D eigenvalue weighted by molar-refractivity contribution is 5.60. The van der Waals surface area contributed by atoms with Crippen molar-refractivity contribution in [1.29, 1.82) is 0 Å². The largest absolute Gasteiger partial charge is 0.460 e. The monoisotopic (exact) mass is 314 g/mol. The van der Waals surface area contributed by atoms with Gasteiger partial charge in [-0.05, 0) is 26.8 Å². The second-order valence-corrected chi connectivity index (χ2v) is 5.69. The zero-order valence-corrected chi connectivity index (χ0v) is 13.6. The maximum absolute atomic E-state index is 5.86. The minimum atomic E-state index is 0.205. The molecule has 0 bridgehead atoms. The number of rotatable bonds is 5. The lowest BCUT2D eigenvalue weighted by Crippen LogP contribution is -2.35. The fourth-order valence-electron chi connectivity index (χ4n) is 2.55. The molecule has 23 heavy (non-hydrogen) atoms. The topological polar surface area (TPSA) is 76.1 Å². The molecule has 1 aliphatic rings. The summed E-state index contributed by atoms with van der Waals surface area (Å²) in [6.07, 6.45) is 7.26. The van der Waals surface area contributed by atoms with Gasteiger partial charge in [-0.15, -0.1) is 0 Å². The van der Waals surface area contributed by atoms with Gasteiger partial charge < -0.3 is 15.0 Å². The van der Waals surface area contributed by atoms with Gasteiger partial charge in [0.25, 0.3) is 0 Å². The molecule has 0 aliphatic carbocycles. The van der Waals surface area contributed by atoms with Crippen molar-refractivity contribution < 1.29 is 4.74 Å². The van der Waals surface area contributed by atoms with Crippen molar-refractivity contribution in [1.82, 2.24) is 24.8 Å². The molecule has 1 fully saturated rings. The summed E-state index contributed by atoms with van der Waals surface area (Å²) in [6.45, 7) is 4.95. The van der Waals surface area contributed by atoms with Gasteiger partial charge in [0.1, 0.15) is 18.2 Å². The zero-order valence-electron chi connectivity index (χ0n) is 13.6. The fourth-order valence-corrected chi connectivity index (χ4v) is 2.55. The van der Waals surface area contributed by atoms with Crippen LogP contribution in [0.5, 0.6) is 6.01 Å². The van der Waals surface area contributed by atoms with Crippen molar-refractivity contribution >= 4 is 5.82 Å². The Kier molecular flexibility index (Phi) is 4.97. The molecule has 0 radical (unpaired) electrons. The highest BCUT2D eigenvalue weighted by Crippen LogP contribution is 2.19. The van der Waals surface area contributed by atoms with Crippen molar-refractivity contribution in [3.63, 3.8) is 0 Å². The minimum Gasteiger partial charge on any atom is -0.460 e. The molecular weight excluding hydrogens is 292 g/mol. The Bertz CT molecular complexity index is 625. The molecule has 0 atom stereocenters. The van der Waals surface area contributed by atoms with Crippen LogP contribution in [-0.2, 0) is 0 Å². The van der Waals surface area contributed by atoms with Crippen molar-refractivity contribution in [2.75, 3.05) is 32.0 Å². The summed E-state index contributed by atoms with van der Waals surface area (Å²) < 4.78 is 5.86. The van der Waals surface area contributed by atoms with Gasteiger partial charge >= 0.3 is 6.01 Å². The van der Waals surface area contributed by atoms with E-state index in [0.717, 1.165) is 49.6 Å². The molecule has 122 valence electrons. The molecule has 0 aromatic carbocycles. The summed E-state index contributed by atoms with van der Waals surface area (Å²) in [5.41, 5.74) is 1.64. The van der Waals surface area contributed by atoms with Crippen LogP contribution in [0.2, 0.25) is 0 Å². The molecule has 0 spiro atoms. The van der Waals surface area contributed by atoms with Gasteiger partial charge in [-0.2, -0.15) is 0 Å². The number of piperidine rings is 1. The Balaban J connectivity index is 1.66.